The molecular weight excluding hydrogens is 394 g/mol. The van der Waals surface area contributed by atoms with Crippen molar-refractivity contribution in [1.82, 2.24) is 15.1 Å². The van der Waals surface area contributed by atoms with E-state index in [9.17, 15) is 19.5 Å². The minimum atomic E-state index is -1.42. The number of nitrogens with zero attached hydrogens (tertiary/aromatic N) is 2. The van der Waals surface area contributed by atoms with Crippen molar-refractivity contribution in [1.29, 1.82) is 0 Å². The minimum Gasteiger partial charge on any atom is -0.481 e. The Hall–Kier alpha value is -2.25. The number of nitrogens with one attached hydrogen (secondary N) is 1. The molecule has 0 aliphatic carbocycles. The zero-order valence-corrected chi connectivity index (χ0v) is 17.9. The lowest BCUT2D eigenvalue weighted by Gasteiger charge is -2.57. The number of aliphatic carboxylic acids is 1. The Labute approximate surface area is 182 Å². The molecule has 2 N–H and O–H groups in total. The number of carboxylic acids is 1. The summed E-state index contributed by atoms with van der Waals surface area (Å²) in [6, 6.07) is 6.74. The summed E-state index contributed by atoms with van der Waals surface area (Å²) < 4.78 is 0. The average molecular weight is 426 g/mol. The van der Waals surface area contributed by atoms with Crippen molar-refractivity contribution in [3.8, 4) is 0 Å². The highest BCUT2D eigenvalue weighted by Crippen LogP contribution is 2.44. The van der Waals surface area contributed by atoms with Crippen LogP contribution in [0.5, 0.6) is 0 Å². The molecule has 166 valence electrons. The van der Waals surface area contributed by atoms with Crippen molar-refractivity contribution in [2.45, 2.75) is 44.2 Å². The Morgan fingerprint density at radius 1 is 0.903 bits per heavy atom. The third-order valence-corrected chi connectivity index (χ3v) is 8.12. The second-order valence-corrected chi connectivity index (χ2v) is 9.53. The number of Topliss-reactive ketones (excluding diaryl/α,β-unsaturated/α-hetero) is 1. The van der Waals surface area contributed by atoms with E-state index in [2.05, 4.69) is 10.2 Å². The number of piperidine rings is 3. The Balaban J connectivity index is 1.52. The van der Waals surface area contributed by atoms with Gasteiger partial charge in [-0.15, -0.1) is 0 Å². The molecule has 1 amide bonds. The summed E-state index contributed by atoms with van der Waals surface area (Å²) in [6.07, 6.45) is 5.28. The molecule has 2 atom stereocenters. The van der Waals surface area contributed by atoms with Crippen molar-refractivity contribution in [2.24, 2.45) is 17.8 Å². The van der Waals surface area contributed by atoms with Crippen LogP contribution in [0.4, 0.5) is 0 Å². The van der Waals surface area contributed by atoms with Gasteiger partial charge < -0.3 is 15.3 Å². The third-order valence-electron chi connectivity index (χ3n) is 8.12. The molecule has 5 heterocycles. The van der Waals surface area contributed by atoms with Gasteiger partial charge in [0.05, 0.1) is 0 Å². The molecule has 5 aliphatic rings. The standard InChI is InChI=1S/C24H31N3O4/c28-21-18-3-5-19(6-4-18)22(29)27-13-1-2-20(23(30)31)24(21,27)26-14-9-17(10-15-26)16-7-11-25-12-8-16/h3-6,16-17,20,25H,1-2,7-15H2,(H,30,31). The first-order chi connectivity index (χ1) is 15.0. The summed E-state index contributed by atoms with van der Waals surface area (Å²) in [6.45, 7) is 3.85. The Morgan fingerprint density at radius 3 is 2.16 bits per heavy atom. The van der Waals surface area contributed by atoms with Crippen LogP contribution < -0.4 is 5.32 Å². The summed E-state index contributed by atoms with van der Waals surface area (Å²) >= 11 is 0. The van der Waals surface area contributed by atoms with Gasteiger partial charge in [0.25, 0.3) is 5.91 Å². The van der Waals surface area contributed by atoms with E-state index >= 15 is 0 Å². The van der Waals surface area contributed by atoms with Gasteiger partial charge in [0.2, 0.25) is 5.78 Å². The van der Waals surface area contributed by atoms with Crippen LogP contribution in [-0.2, 0) is 4.79 Å². The van der Waals surface area contributed by atoms with Gasteiger partial charge in [-0.2, -0.15) is 0 Å². The second kappa shape index (κ2) is 8.02. The topological polar surface area (TPSA) is 90.0 Å². The highest BCUT2D eigenvalue weighted by molar-refractivity contribution is 6.11. The van der Waals surface area contributed by atoms with Crippen LogP contribution >= 0.6 is 0 Å². The number of carboxylic acid groups (broad SMARTS) is 1. The van der Waals surface area contributed by atoms with E-state index in [0.29, 0.717) is 55.4 Å². The first kappa shape index (κ1) is 20.6. The van der Waals surface area contributed by atoms with E-state index < -0.39 is 17.6 Å². The maximum atomic E-state index is 14.0. The molecule has 2 unspecified atom stereocenters. The van der Waals surface area contributed by atoms with E-state index in [1.54, 1.807) is 29.2 Å². The number of likely N-dealkylation sites (tertiary alicyclic amines) is 1. The summed E-state index contributed by atoms with van der Waals surface area (Å²) in [7, 11) is 0. The number of hydrogen-bond donors (Lipinski definition) is 2. The zero-order valence-electron chi connectivity index (χ0n) is 17.9. The molecular formula is C24H31N3O4. The molecule has 1 aromatic carbocycles. The number of carbonyl (C=O) groups is 3. The number of carbonyl (C=O) groups excluding carboxylic acids is 2. The number of hydrogen-bond acceptors (Lipinski definition) is 5. The molecule has 0 radical (unpaired) electrons. The maximum absolute atomic E-state index is 14.0. The molecule has 2 bridgehead atoms. The fourth-order valence-corrected chi connectivity index (χ4v) is 6.54. The third kappa shape index (κ3) is 3.21. The molecule has 3 fully saturated rings. The summed E-state index contributed by atoms with van der Waals surface area (Å²) in [4.78, 5) is 43.6. The van der Waals surface area contributed by atoms with Crippen molar-refractivity contribution < 1.29 is 19.5 Å². The molecule has 7 nitrogen and oxygen atoms in total. The average Bonchev–Trinajstić information content (AvgIpc) is 2.82. The largest absolute Gasteiger partial charge is 0.481 e. The van der Waals surface area contributed by atoms with Crippen LogP contribution in [-0.4, -0.2) is 71.0 Å². The lowest BCUT2D eigenvalue weighted by atomic mass is 9.73. The molecule has 3 saturated heterocycles. The van der Waals surface area contributed by atoms with Crippen LogP contribution in [0.25, 0.3) is 0 Å². The molecule has 31 heavy (non-hydrogen) atoms. The second-order valence-electron chi connectivity index (χ2n) is 9.53. The number of rotatable bonds is 3. The van der Waals surface area contributed by atoms with Gasteiger partial charge in [0.1, 0.15) is 5.92 Å². The maximum Gasteiger partial charge on any atom is 0.310 e. The quantitative estimate of drug-likeness (QED) is 0.772. The smallest absolute Gasteiger partial charge is 0.310 e. The van der Waals surface area contributed by atoms with Gasteiger partial charge in [-0.05, 0) is 75.6 Å². The first-order valence-corrected chi connectivity index (χ1v) is 11.7. The van der Waals surface area contributed by atoms with Gasteiger partial charge in [-0.25, -0.2) is 0 Å². The molecule has 5 aliphatic heterocycles. The Bertz CT molecular complexity index is 871. The van der Waals surface area contributed by atoms with E-state index in [4.69, 9.17) is 0 Å². The van der Waals surface area contributed by atoms with Crippen molar-refractivity contribution in [3.05, 3.63) is 35.4 Å². The first-order valence-electron chi connectivity index (χ1n) is 11.7. The lowest BCUT2D eigenvalue weighted by Crippen LogP contribution is -2.74. The van der Waals surface area contributed by atoms with Crippen molar-refractivity contribution >= 4 is 17.7 Å². The van der Waals surface area contributed by atoms with Crippen molar-refractivity contribution in [3.63, 3.8) is 0 Å². The predicted molar refractivity (Wildman–Crippen MR) is 115 cm³/mol. The summed E-state index contributed by atoms with van der Waals surface area (Å²) in [5, 5.41) is 13.6. The minimum absolute atomic E-state index is 0.231. The number of fused-ring (bicyclic) bond motifs is 2. The molecule has 0 aromatic heterocycles. The SMILES string of the molecule is O=C(O)C1CCCN2C(=O)c3ccc(cc3)C(=O)C12N1CCC(C2CCNCC2)CC1. The highest BCUT2D eigenvalue weighted by Gasteiger charge is 2.61. The molecule has 1 aromatic rings. The highest BCUT2D eigenvalue weighted by atomic mass is 16.4. The van der Waals surface area contributed by atoms with E-state index in [1.165, 1.54) is 12.8 Å². The fraction of sp³-hybridized carbons (Fsp3) is 0.625. The van der Waals surface area contributed by atoms with Crippen LogP contribution in [0.2, 0.25) is 0 Å². The molecule has 6 rings (SSSR count). The van der Waals surface area contributed by atoms with Crippen molar-refractivity contribution in [2.75, 3.05) is 32.7 Å². The van der Waals surface area contributed by atoms with Gasteiger partial charge in [-0.3, -0.25) is 19.3 Å². The lowest BCUT2D eigenvalue weighted by molar-refractivity contribution is -0.158. The molecule has 0 saturated carbocycles. The molecule has 7 heteroatoms. The van der Waals surface area contributed by atoms with Gasteiger partial charge >= 0.3 is 5.97 Å². The number of ketones is 1. The Morgan fingerprint density at radius 2 is 1.52 bits per heavy atom. The van der Waals surface area contributed by atoms with Crippen LogP contribution in [0.1, 0.15) is 59.2 Å². The van der Waals surface area contributed by atoms with Gasteiger partial charge in [0, 0.05) is 30.8 Å². The number of amides is 1. The van der Waals surface area contributed by atoms with Crippen LogP contribution in [0.3, 0.4) is 0 Å². The summed E-state index contributed by atoms with van der Waals surface area (Å²) in [5.41, 5.74) is -0.401. The summed E-state index contributed by atoms with van der Waals surface area (Å²) in [5.74, 6) is -1.07. The van der Waals surface area contributed by atoms with E-state index in [0.717, 1.165) is 25.9 Å². The van der Waals surface area contributed by atoms with Gasteiger partial charge in [0.15, 0.2) is 5.66 Å². The van der Waals surface area contributed by atoms with Crippen LogP contribution in [0, 0.1) is 17.8 Å². The monoisotopic (exact) mass is 425 g/mol. The zero-order chi connectivity index (χ0) is 21.6. The van der Waals surface area contributed by atoms with Crippen LogP contribution in [0.15, 0.2) is 24.3 Å². The van der Waals surface area contributed by atoms with Gasteiger partial charge in [-0.1, -0.05) is 12.1 Å². The fourth-order valence-electron chi connectivity index (χ4n) is 6.54. The normalized spacial score (nSPS) is 30.7. The van der Waals surface area contributed by atoms with E-state index in [1.807, 2.05) is 0 Å². The Kier molecular flexibility index (Phi) is 5.34. The molecule has 0 spiro atoms. The number of benzene rings is 1. The van der Waals surface area contributed by atoms with E-state index in [-0.39, 0.29) is 11.7 Å². The predicted octanol–water partition coefficient (Wildman–Crippen LogP) is 2.23.